The Balaban J connectivity index is 2.20. The van der Waals surface area contributed by atoms with Crippen molar-refractivity contribution in [2.24, 2.45) is 0 Å². The van der Waals surface area contributed by atoms with Gasteiger partial charge in [-0.3, -0.25) is 4.98 Å². The average molecular weight is 391 g/mol. The maximum Gasteiger partial charge on any atom is 0.348 e. The standard InChI is InChI=1S/C12H11BrN2O4S2/c1-19-12(16)9-6-10(11(13)20-9)21(17,18)15-7-8-4-2-3-5-14-8/h2-6,15H,7H2,1H3. The summed E-state index contributed by atoms with van der Waals surface area (Å²) in [5, 5.41) is 0. The Morgan fingerprint density at radius 2 is 2.24 bits per heavy atom. The first kappa shape index (κ1) is 16.1. The van der Waals surface area contributed by atoms with Crippen LogP contribution in [0.5, 0.6) is 0 Å². The van der Waals surface area contributed by atoms with E-state index in [2.05, 4.69) is 30.4 Å². The molecule has 6 nitrogen and oxygen atoms in total. The largest absolute Gasteiger partial charge is 0.465 e. The SMILES string of the molecule is COC(=O)c1cc(S(=O)(=O)NCc2ccccn2)c(Br)s1. The summed E-state index contributed by atoms with van der Waals surface area (Å²) in [5.41, 5.74) is 0.598. The number of methoxy groups -OCH3 is 1. The lowest BCUT2D eigenvalue weighted by atomic mass is 10.4. The third-order valence-electron chi connectivity index (χ3n) is 2.50. The summed E-state index contributed by atoms with van der Waals surface area (Å²) in [6.45, 7) is 0.0685. The second kappa shape index (κ2) is 6.65. The number of nitrogens with zero attached hydrogens (tertiary/aromatic N) is 1. The summed E-state index contributed by atoms with van der Waals surface area (Å²) < 4.78 is 31.8. The summed E-state index contributed by atoms with van der Waals surface area (Å²) in [6.07, 6.45) is 1.58. The molecule has 21 heavy (non-hydrogen) atoms. The molecule has 2 aromatic rings. The van der Waals surface area contributed by atoms with E-state index in [1.165, 1.54) is 13.2 Å². The zero-order valence-corrected chi connectivity index (χ0v) is 14.1. The first-order chi connectivity index (χ1) is 9.94. The number of carbonyl (C=O) groups is 1. The Hall–Kier alpha value is -1.29. The van der Waals surface area contributed by atoms with E-state index in [-0.39, 0.29) is 16.3 Å². The van der Waals surface area contributed by atoms with Crippen LogP contribution >= 0.6 is 27.3 Å². The quantitative estimate of drug-likeness (QED) is 0.790. The Morgan fingerprint density at radius 3 is 2.86 bits per heavy atom. The van der Waals surface area contributed by atoms with E-state index in [9.17, 15) is 13.2 Å². The van der Waals surface area contributed by atoms with Crippen molar-refractivity contribution in [3.05, 3.63) is 44.8 Å². The predicted octanol–water partition coefficient (Wildman–Crippen LogP) is 2.17. The maximum atomic E-state index is 12.2. The number of halogens is 1. The molecule has 0 aromatic carbocycles. The summed E-state index contributed by atoms with van der Waals surface area (Å²) in [7, 11) is -2.50. The number of hydrogen-bond donors (Lipinski definition) is 1. The van der Waals surface area contributed by atoms with Gasteiger partial charge >= 0.3 is 5.97 Å². The first-order valence-electron chi connectivity index (χ1n) is 5.71. The highest BCUT2D eigenvalue weighted by molar-refractivity contribution is 9.11. The fourth-order valence-electron chi connectivity index (χ4n) is 1.49. The number of pyridine rings is 1. The summed E-state index contributed by atoms with van der Waals surface area (Å²) in [4.78, 5) is 15.7. The van der Waals surface area contributed by atoms with Crippen molar-refractivity contribution >= 4 is 43.3 Å². The zero-order valence-electron chi connectivity index (χ0n) is 10.9. The van der Waals surface area contributed by atoms with Crippen LogP contribution in [0.15, 0.2) is 39.1 Å². The minimum atomic E-state index is -3.74. The van der Waals surface area contributed by atoms with Gasteiger partial charge in [-0.15, -0.1) is 11.3 Å². The van der Waals surface area contributed by atoms with Crippen molar-refractivity contribution in [2.45, 2.75) is 11.4 Å². The van der Waals surface area contributed by atoms with Crippen LogP contribution in [0.3, 0.4) is 0 Å². The van der Waals surface area contributed by atoms with Crippen molar-refractivity contribution in [1.29, 1.82) is 0 Å². The van der Waals surface area contributed by atoms with Gasteiger partial charge in [-0.1, -0.05) is 6.07 Å². The van der Waals surface area contributed by atoms with Gasteiger partial charge in [0.05, 0.1) is 23.1 Å². The molecule has 112 valence electrons. The molecule has 9 heteroatoms. The van der Waals surface area contributed by atoms with E-state index in [4.69, 9.17) is 0 Å². The minimum absolute atomic E-state index is 0.00355. The van der Waals surface area contributed by atoms with Gasteiger partial charge in [0.25, 0.3) is 0 Å². The molecule has 0 fully saturated rings. The number of sulfonamides is 1. The van der Waals surface area contributed by atoms with Crippen LogP contribution in [0.25, 0.3) is 0 Å². The van der Waals surface area contributed by atoms with E-state index in [0.29, 0.717) is 9.48 Å². The summed E-state index contributed by atoms with van der Waals surface area (Å²) in [6, 6.07) is 6.51. The number of carbonyl (C=O) groups excluding carboxylic acids is 1. The highest BCUT2D eigenvalue weighted by Crippen LogP contribution is 2.32. The molecular weight excluding hydrogens is 380 g/mol. The highest BCUT2D eigenvalue weighted by atomic mass is 79.9. The van der Waals surface area contributed by atoms with E-state index >= 15 is 0 Å². The number of ether oxygens (including phenoxy) is 1. The van der Waals surface area contributed by atoms with Crippen LogP contribution < -0.4 is 4.72 Å². The minimum Gasteiger partial charge on any atom is -0.465 e. The van der Waals surface area contributed by atoms with Gasteiger partial charge in [0.2, 0.25) is 10.0 Å². The third-order valence-corrected chi connectivity index (χ3v) is 6.13. The molecule has 0 bridgehead atoms. The molecule has 0 aliphatic rings. The predicted molar refractivity (Wildman–Crippen MR) is 81.6 cm³/mol. The van der Waals surface area contributed by atoms with Gasteiger partial charge in [-0.2, -0.15) is 0 Å². The molecule has 0 unspecified atom stereocenters. The Kier molecular flexibility index (Phi) is 5.09. The molecule has 0 atom stereocenters. The lowest BCUT2D eigenvalue weighted by Gasteiger charge is -2.05. The molecular formula is C12H11BrN2O4S2. The zero-order chi connectivity index (χ0) is 15.5. The number of nitrogens with one attached hydrogen (secondary N) is 1. The van der Waals surface area contributed by atoms with E-state index in [1.807, 2.05) is 0 Å². The van der Waals surface area contributed by atoms with Crippen LogP contribution in [-0.2, 0) is 21.3 Å². The molecule has 0 radical (unpaired) electrons. The number of hydrogen-bond acceptors (Lipinski definition) is 6. The van der Waals surface area contributed by atoms with Crippen LogP contribution in [-0.4, -0.2) is 26.5 Å². The van der Waals surface area contributed by atoms with Gasteiger partial charge in [0.1, 0.15) is 9.77 Å². The number of aromatic nitrogens is 1. The Morgan fingerprint density at radius 1 is 1.48 bits per heavy atom. The first-order valence-corrected chi connectivity index (χ1v) is 8.80. The Labute approximate surface area is 134 Å². The normalized spacial score (nSPS) is 11.3. The summed E-state index contributed by atoms with van der Waals surface area (Å²) >= 11 is 4.16. The van der Waals surface area contributed by atoms with Crippen molar-refractivity contribution in [2.75, 3.05) is 7.11 Å². The van der Waals surface area contributed by atoms with Crippen LogP contribution in [0, 0.1) is 0 Å². The summed E-state index contributed by atoms with van der Waals surface area (Å²) in [5.74, 6) is -0.577. The van der Waals surface area contributed by atoms with Gasteiger partial charge in [-0.05, 0) is 34.1 Å². The average Bonchev–Trinajstić information content (AvgIpc) is 2.88. The number of rotatable bonds is 5. The van der Waals surface area contributed by atoms with Gasteiger partial charge in [0, 0.05) is 6.20 Å². The molecule has 0 saturated heterocycles. The van der Waals surface area contributed by atoms with E-state index in [0.717, 1.165) is 11.3 Å². The molecule has 0 spiro atoms. The highest BCUT2D eigenvalue weighted by Gasteiger charge is 2.23. The fraction of sp³-hybridized carbons (Fsp3) is 0.167. The molecule has 2 rings (SSSR count). The molecule has 0 aliphatic carbocycles. The fourth-order valence-corrected chi connectivity index (χ4v) is 4.97. The Bertz CT molecular complexity index is 744. The molecule has 2 heterocycles. The van der Waals surface area contributed by atoms with E-state index in [1.54, 1.807) is 24.4 Å². The van der Waals surface area contributed by atoms with Crippen LogP contribution in [0.2, 0.25) is 0 Å². The van der Waals surface area contributed by atoms with Crippen LogP contribution in [0.1, 0.15) is 15.4 Å². The van der Waals surface area contributed by atoms with Gasteiger partial charge in [-0.25, -0.2) is 17.9 Å². The van der Waals surface area contributed by atoms with Crippen molar-refractivity contribution in [1.82, 2.24) is 9.71 Å². The maximum absolute atomic E-state index is 12.2. The third kappa shape index (κ3) is 3.88. The monoisotopic (exact) mass is 390 g/mol. The smallest absolute Gasteiger partial charge is 0.348 e. The van der Waals surface area contributed by atoms with Gasteiger partial charge < -0.3 is 4.74 Å². The molecule has 2 aromatic heterocycles. The lowest BCUT2D eigenvalue weighted by Crippen LogP contribution is -2.23. The lowest BCUT2D eigenvalue weighted by molar-refractivity contribution is 0.0606. The van der Waals surface area contributed by atoms with Crippen molar-refractivity contribution < 1.29 is 17.9 Å². The second-order valence-corrected chi connectivity index (χ2v) is 7.99. The molecule has 1 N–H and O–H groups in total. The van der Waals surface area contributed by atoms with Crippen molar-refractivity contribution in [3.8, 4) is 0 Å². The topological polar surface area (TPSA) is 85.4 Å². The van der Waals surface area contributed by atoms with Gasteiger partial charge in [0.15, 0.2) is 0 Å². The molecule has 0 aliphatic heterocycles. The van der Waals surface area contributed by atoms with Crippen LogP contribution in [0.4, 0.5) is 0 Å². The second-order valence-electron chi connectivity index (χ2n) is 3.89. The van der Waals surface area contributed by atoms with E-state index < -0.39 is 16.0 Å². The number of thiophene rings is 1. The number of esters is 1. The van der Waals surface area contributed by atoms with Crippen molar-refractivity contribution in [3.63, 3.8) is 0 Å². The molecule has 0 saturated carbocycles. The molecule has 0 amide bonds.